The molecule has 0 unspecified atom stereocenters. The molecule has 0 aliphatic carbocycles. The second kappa shape index (κ2) is 32.8. The van der Waals surface area contributed by atoms with Crippen LogP contribution >= 0.6 is 0 Å². The summed E-state index contributed by atoms with van der Waals surface area (Å²) in [5.41, 5.74) is 22.1. The maximum Gasteiger partial charge on any atom is 0.245 e. The Kier molecular flexibility index (Phi) is 27.2. The number of rotatable bonds is 25. The van der Waals surface area contributed by atoms with E-state index in [0.717, 1.165) is 37.0 Å². The number of fused-ring (bicyclic) bond motifs is 1. The van der Waals surface area contributed by atoms with Crippen LogP contribution in [0.2, 0.25) is 0 Å². The van der Waals surface area contributed by atoms with Crippen molar-refractivity contribution < 1.29 is 67.7 Å². The maximum atomic E-state index is 14.4. The van der Waals surface area contributed by atoms with E-state index in [1.807, 2.05) is 0 Å². The molecule has 8 atom stereocenters. The van der Waals surface area contributed by atoms with Crippen molar-refractivity contribution in [3.8, 4) is 5.75 Å². The molecule has 0 aromatic heterocycles. The fraction of sp³-hybridized carbons (Fsp3) is 0.640. The van der Waals surface area contributed by atoms with Gasteiger partial charge in [0, 0.05) is 19.4 Å². The van der Waals surface area contributed by atoms with E-state index < -0.39 is 158 Å². The number of primary amides is 4. The number of amides is 12. The number of hydrogen-bond acceptors (Lipinski definition) is 14. The predicted octanol–water partition coefficient (Wildman–Crippen LogP) is -2.69. The Balaban J connectivity index is 2.11. The molecule has 2 aliphatic heterocycles. The first-order valence-corrected chi connectivity index (χ1v) is 26.1. The molecule has 2 aliphatic rings. The van der Waals surface area contributed by atoms with Crippen LogP contribution in [0, 0.1) is 0 Å². The van der Waals surface area contributed by atoms with E-state index in [1.54, 1.807) is 0 Å². The predicted molar refractivity (Wildman–Crippen MR) is 273 cm³/mol. The zero-order valence-corrected chi connectivity index (χ0v) is 43.2. The molecule has 0 radical (unpaired) electrons. The van der Waals surface area contributed by atoms with E-state index in [-0.39, 0.29) is 38.0 Å². The molecule has 12 amide bonds. The second-order valence-electron chi connectivity index (χ2n) is 19.4. The SMILES string of the molecule is CCCCCCCCCCCCCC[C@@H]1NC(=O)[C@@H]2CCCN2C(=O)[C@H](CCC(N)=O)NC(=O)[C@H](CC(N)=O)NC(=O)[C@H](CO)NC(=O)[C@H](CC(N)=O)NC(=O)[C@H](Cc2ccc(O)cc2)NC(=O)[C@H](CC(N)=O)NC1=O. The number of unbranched alkanes of at least 4 members (excludes halogenated alkanes) is 11. The lowest BCUT2D eigenvalue weighted by molar-refractivity contribution is -0.143. The fourth-order valence-corrected chi connectivity index (χ4v) is 8.91. The van der Waals surface area contributed by atoms with Gasteiger partial charge in [0.25, 0.3) is 0 Å². The largest absolute Gasteiger partial charge is 0.508 e. The summed E-state index contributed by atoms with van der Waals surface area (Å²) in [6.45, 7) is 0.956. The van der Waals surface area contributed by atoms with Crippen LogP contribution in [0.4, 0.5) is 0 Å². The summed E-state index contributed by atoms with van der Waals surface area (Å²) in [4.78, 5) is 163. The molecule has 26 nitrogen and oxygen atoms in total. The summed E-state index contributed by atoms with van der Waals surface area (Å²) in [7, 11) is 0. The monoisotopic (exact) mass is 1070 g/mol. The normalized spacial score (nSPS) is 23.6. The minimum atomic E-state index is -1.96. The van der Waals surface area contributed by atoms with E-state index in [4.69, 9.17) is 22.9 Å². The van der Waals surface area contributed by atoms with Crippen molar-refractivity contribution in [2.75, 3.05) is 13.2 Å². The molecule has 26 heteroatoms. The number of hydrogen-bond donors (Lipinski definition) is 13. The van der Waals surface area contributed by atoms with Gasteiger partial charge in [0.1, 0.15) is 54.1 Å². The van der Waals surface area contributed by atoms with Gasteiger partial charge in [-0.15, -0.1) is 0 Å². The fourth-order valence-electron chi connectivity index (χ4n) is 8.91. The van der Waals surface area contributed by atoms with E-state index in [0.29, 0.717) is 18.4 Å². The molecular formula is C50H78N12O14. The van der Waals surface area contributed by atoms with Crippen LogP contribution in [-0.2, 0) is 64.0 Å². The van der Waals surface area contributed by atoms with Crippen molar-refractivity contribution in [1.29, 1.82) is 0 Å². The highest BCUT2D eigenvalue weighted by Crippen LogP contribution is 2.22. The van der Waals surface area contributed by atoms with Gasteiger partial charge in [0.15, 0.2) is 0 Å². The van der Waals surface area contributed by atoms with Crippen molar-refractivity contribution in [2.45, 2.75) is 190 Å². The van der Waals surface area contributed by atoms with Gasteiger partial charge in [-0.3, -0.25) is 57.5 Å². The van der Waals surface area contributed by atoms with E-state index >= 15 is 0 Å². The number of phenols is 1. The highest BCUT2D eigenvalue weighted by molar-refractivity contribution is 6.01. The van der Waals surface area contributed by atoms with Gasteiger partial charge in [-0.2, -0.15) is 0 Å². The Morgan fingerprint density at radius 2 is 0.895 bits per heavy atom. The molecule has 2 fully saturated rings. The molecule has 0 bridgehead atoms. The van der Waals surface area contributed by atoms with Crippen LogP contribution in [0.15, 0.2) is 24.3 Å². The lowest BCUT2D eigenvalue weighted by atomic mass is 10.0. The minimum Gasteiger partial charge on any atom is -0.508 e. The maximum absolute atomic E-state index is 14.4. The molecule has 0 saturated carbocycles. The molecule has 76 heavy (non-hydrogen) atoms. The van der Waals surface area contributed by atoms with E-state index in [9.17, 15) is 67.7 Å². The first kappa shape index (κ1) is 62.9. The summed E-state index contributed by atoms with van der Waals surface area (Å²) in [6.07, 6.45) is 8.48. The first-order chi connectivity index (χ1) is 36.1. The second-order valence-corrected chi connectivity index (χ2v) is 19.4. The molecule has 422 valence electrons. The molecule has 2 heterocycles. The van der Waals surface area contributed by atoms with E-state index in [2.05, 4.69) is 44.1 Å². The van der Waals surface area contributed by atoms with Gasteiger partial charge in [-0.1, -0.05) is 96.1 Å². The number of nitrogens with zero attached hydrogens (tertiary/aromatic N) is 1. The lowest BCUT2D eigenvalue weighted by Crippen LogP contribution is -2.62. The third kappa shape index (κ3) is 22.2. The highest BCUT2D eigenvalue weighted by atomic mass is 16.3. The lowest BCUT2D eigenvalue weighted by Gasteiger charge is -2.31. The van der Waals surface area contributed by atoms with Crippen LogP contribution in [-0.4, -0.2) is 147 Å². The quantitative estimate of drug-likeness (QED) is 0.0444. The van der Waals surface area contributed by atoms with E-state index in [1.165, 1.54) is 56.4 Å². The van der Waals surface area contributed by atoms with Crippen molar-refractivity contribution in [3.63, 3.8) is 0 Å². The summed E-state index contributed by atoms with van der Waals surface area (Å²) in [5, 5.41) is 36.8. The minimum absolute atomic E-state index is 0.0250. The Labute approximate surface area is 441 Å². The highest BCUT2D eigenvalue weighted by Gasteiger charge is 2.41. The number of aliphatic hydroxyl groups excluding tert-OH is 1. The Morgan fingerprint density at radius 3 is 1.36 bits per heavy atom. The molecule has 1 aromatic rings. The average molecular weight is 1070 g/mol. The first-order valence-electron chi connectivity index (χ1n) is 26.1. The molecule has 3 rings (SSSR count). The van der Waals surface area contributed by atoms with Crippen molar-refractivity contribution >= 4 is 70.9 Å². The summed E-state index contributed by atoms with van der Waals surface area (Å²) in [6, 6.07) is -8.10. The number of benzene rings is 1. The van der Waals surface area contributed by atoms with Gasteiger partial charge in [0.2, 0.25) is 70.9 Å². The zero-order chi connectivity index (χ0) is 56.3. The topological polar surface area (TPSA) is 437 Å². The summed E-state index contributed by atoms with van der Waals surface area (Å²) < 4.78 is 0. The number of aliphatic hydroxyl groups is 1. The Bertz CT molecular complexity index is 2200. The smallest absolute Gasteiger partial charge is 0.245 e. The Morgan fingerprint density at radius 1 is 0.500 bits per heavy atom. The van der Waals surface area contributed by atoms with Gasteiger partial charge in [0.05, 0.1) is 25.9 Å². The number of carbonyl (C=O) groups is 12. The van der Waals surface area contributed by atoms with Crippen LogP contribution < -0.4 is 60.2 Å². The Hall–Kier alpha value is -7.38. The van der Waals surface area contributed by atoms with Crippen LogP contribution in [0.3, 0.4) is 0 Å². The van der Waals surface area contributed by atoms with Crippen molar-refractivity contribution in [3.05, 3.63) is 29.8 Å². The van der Waals surface area contributed by atoms with Gasteiger partial charge in [-0.05, 0) is 43.4 Å². The van der Waals surface area contributed by atoms with Gasteiger partial charge in [-0.25, -0.2) is 0 Å². The summed E-state index contributed by atoms with van der Waals surface area (Å²) >= 11 is 0. The summed E-state index contributed by atoms with van der Waals surface area (Å²) in [5.74, 6) is -13.1. The van der Waals surface area contributed by atoms with Crippen molar-refractivity contribution in [1.82, 2.24) is 42.1 Å². The van der Waals surface area contributed by atoms with Crippen molar-refractivity contribution in [2.24, 2.45) is 22.9 Å². The molecule has 1 aromatic carbocycles. The third-order valence-corrected chi connectivity index (χ3v) is 13.1. The molecule has 17 N–H and O–H groups in total. The number of nitrogens with one attached hydrogen (secondary N) is 7. The molecule has 0 spiro atoms. The van der Waals surface area contributed by atoms with Gasteiger partial charge < -0.3 is 75.3 Å². The standard InChI is InChI=1S/C50H78N12O14/c1-2-3-4-5-6-7-8-9-10-11-12-13-15-31-43(69)58-35(26-41(53)67)46(72)57-33(24-29-17-19-30(64)20-18-29)44(70)59-36(27-42(54)68)47(73)61-37(28-63)48(74)60-34(25-40(52)66)45(71)56-32(21-22-39(51)65)50(76)62-23-14-16-38(62)49(75)55-31/h17-20,31-38,63-64H,2-16,21-28H2,1H3,(H2,51,65)(H2,52,66)(H2,53,67)(H2,54,68)(H,55,75)(H,56,71)(H,57,72)(H,58,69)(H,59,70)(H,60,74)(H,61,73)/t31-,32-,33-,34-,35-,36-,37-,38-/m0/s1. The van der Waals surface area contributed by atoms with Crippen LogP contribution in [0.25, 0.3) is 0 Å². The van der Waals surface area contributed by atoms with Crippen LogP contribution in [0.5, 0.6) is 5.75 Å². The average Bonchev–Trinajstić information content (AvgIpc) is 3.86. The van der Waals surface area contributed by atoms with Gasteiger partial charge >= 0.3 is 0 Å². The number of aromatic hydroxyl groups is 1. The molecular weight excluding hydrogens is 993 g/mol. The number of nitrogens with two attached hydrogens (primary N) is 4. The number of phenolic OH excluding ortho intramolecular Hbond substituents is 1. The molecule has 2 saturated heterocycles. The van der Waals surface area contributed by atoms with Crippen LogP contribution in [0.1, 0.15) is 141 Å². The third-order valence-electron chi connectivity index (χ3n) is 13.1. The zero-order valence-electron chi connectivity index (χ0n) is 43.2. The number of carbonyl (C=O) groups excluding carboxylic acids is 12.